The Morgan fingerprint density at radius 2 is 2.13 bits per heavy atom. The molecule has 0 aliphatic heterocycles. The molecule has 0 radical (unpaired) electrons. The molecule has 0 heterocycles. The van der Waals surface area contributed by atoms with Crippen molar-refractivity contribution in [3.05, 3.63) is 31.8 Å². The highest BCUT2D eigenvalue weighted by Crippen LogP contribution is 2.18. The Labute approximate surface area is 109 Å². The number of rotatable bonds is 3. The van der Waals surface area contributed by atoms with Gasteiger partial charge in [-0.2, -0.15) is 0 Å². The van der Waals surface area contributed by atoms with Crippen LogP contribution in [0.25, 0.3) is 0 Å². The summed E-state index contributed by atoms with van der Waals surface area (Å²) >= 11 is 5.32. The number of carbonyl (C=O) groups excluding carboxylic acids is 2. The molecular weight excluding hydrogens is 375 g/mol. The Morgan fingerprint density at radius 1 is 1.47 bits per heavy atom. The number of hydrogen-bond acceptors (Lipinski definition) is 2. The molecule has 0 unspecified atom stereocenters. The first-order chi connectivity index (χ1) is 7.00. The van der Waals surface area contributed by atoms with Crippen molar-refractivity contribution in [2.45, 2.75) is 0 Å². The molecule has 2 amide bonds. The number of amides is 2. The average molecular weight is 383 g/mol. The molecule has 0 bridgehead atoms. The molecule has 0 aromatic heterocycles. The zero-order valence-corrected chi connectivity index (χ0v) is 11.3. The van der Waals surface area contributed by atoms with Gasteiger partial charge >= 0.3 is 0 Å². The SMILES string of the molecule is NC(=O)CNC(=O)c1cc(Br)ccc1I. The third-order valence-corrected chi connectivity index (χ3v) is 3.03. The zero-order chi connectivity index (χ0) is 11.4. The molecule has 0 saturated carbocycles. The minimum absolute atomic E-state index is 0.151. The Morgan fingerprint density at radius 3 is 2.73 bits per heavy atom. The van der Waals surface area contributed by atoms with E-state index in [0.29, 0.717) is 5.56 Å². The van der Waals surface area contributed by atoms with E-state index in [1.807, 2.05) is 12.1 Å². The lowest BCUT2D eigenvalue weighted by atomic mass is 10.2. The summed E-state index contributed by atoms with van der Waals surface area (Å²) < 4.78 is 1.63. The number of benzene rings is 1. The lowest BCUT2D eigenvalue weighted by Gasteiger charge is -2.05. The number of nitrogens with one attached hydrogen (secondary N) is 1. The van der Waals surface area contributed by atoms with Gasteiger partial charge in [0.1, 0.15) is 0 Å². The van der Waals surface area contributed by atoms with Crippen molar-refractivity contribution in [2.24, 2.45) is 5.73 Å². The summed E-state index contributed by atoms with van der Waals surface area (Å²) in [5, 5.41) is 2.43. The second kappa shape index (κ2) is 5.45. The van der Waals surface area contributed by atoms with Crippen LogP contribution in [-0.4, -0.2) is 18.4 Å². The third kappa shape index (κ3) is 3.78. The van der Waals surface area contributed by atoms with Crippen molar-refractivity contribution in [3.63, 3.8) is 0 Å². The number of hydrogen-bond donors (Lipinski definition) is 2. The Kier molecular flexibility index (Phi) is 4.52. The number of halogens is 2. The van der Waals surface area contributed by atoms with Gasteiger partial charge in [-0.25, -0.2) is 0 Å². The third-order valence-electron chi connectivity index (χ3n) is 1.60. The normalized spacial score (nSPS) is 9.73. The molecule has 0 atom stereocenters. The standard InChI is InChI=1S/C9H8BrIN2O2/c10-5-1-2-7(11)6(3-5)9(15)13-4-8(12)14/h1-3H,4H2,(H2,12,14)(H,13,15). The number of carbonyl (C=O) groups is 2. The molecule has 3 N–H and O–H groups in total. The first-order valence-corrected chi connectivity index (χ1v) is 5.89. The highest BCUT2D eigenvalue weighted by molar-refractivity contribution is 14.1. The summed E-state index contributed by atoms with van der Waals surface area (Å²) in [6.45, 7) is -0.151. The number of nitrogens with two attached hydrogens (primary N) is 1. The van der Waals surface area contributed by atoms with Crippen molar-refractivity contribution in [1.29, 1.82) is 0 Å². The van der Waals surface area contributed by atoms with Gasteiger partial charge in [-0.1, -0.05) is 15.9 Å². The quantitative estimate of drug-likeness (QED) is 0.772. The van der Waals surface area contributed by atoms with E-state index in [1.165, 1.54) is 0 Å². The highest BCUT2D eigenvalue weighted by Gasteiger charge is 2.10. The maximum Gasteiger partial charge on any atom is 0.252 e. The Balaban J connectivity index is 2.81. The van der Waals surface area contributed by atoms with Gasteiger partial charge in [0.25, 0.3) is 5.91 Å². The number of primary amides is 1. The zero-order valence-electron chi connectivity index (χ0n) is 7.59. The maximum absolute atomic E-state index is 11.6. The van der Waals surface area contributed by atoms with Crippen LogP contribution in [0.2, 0.25) is 0 Å². The monoisotopic (exact) mass is 382 g/mol. The fourth-order valence-electron chi connectivity index (χ4n) is 0.934. The van der Waals surface area contributed by atoms with Crippen molar-refractivity contribution in [3.8, 4) is 0 Å². The van der Waals surface area contributed by atoms with Gasteiger partial charge in [-0.15, -0.1) is 0 Å². The van der Waals surface area contributed by atoms with Gasteiger partial charge in [0.05, 0.1) is 12.1 Å². The fraction of sp³-hybridized carbons (Fsp3) is 0.111. The molecule has 0 aliphatic carbocycles. The van der Waals surface area contributed by atoms with Crippen LogP contribution in [0.1, 0.15) is 10.4 Å². The van der Waals surface area contributed by atoms with E-state index < -0.39 is 5.91 Å². The van der Waals surface area contributed by atoms with Crippen LogP contribution >= 0.6 is 38.5 Å². The lowest BCUT2D eigenvalue weighted by molar-refractivity contribution is -0.117. The molecule has 1 rings (SSSR count). The maximum atomic E-state index is 11.6. The Bertz CT molecular complexity index is 409. The molecule has 0 saturated heterocycles. The van der Waals surface area contributed by atoms with Gasteiger partial charge in [0, 0.05) is 8.04 Å². The van der Waals surface area contributed by atoms with Crippen LogP contribution in [0.15, 0.2) is 22.7 Å². The van der Waals surface area contributed by atoms with E-state index in [-0.39, 0.29) is 12.5 Å². The molecule has 1 aromatic carbocycles. The van der Waals surface area contributed by atoms with Crippen molar-refractivity contribution < 1.29 is 9.59 Å². The highest BCUT2D eigenvalue weighted by atomic mass is 127. The summed E-state index contributed by atoms with van der Waals surface area (Å²) in [7, 11) is 0. The first kappa shape index (κ1) is 12.4. The summed E-state index contributed by atoms with van der Waals surface area (Å²) in [5.74, 6) is -0.868. The predicted molar refractivity (Wildman–Crippen MR) is 68.4 cm³/mol. The van der Waals surface area contributed by atoms with Crippen molar-refractivity contribution >= 4 is 50.3 Å². The van der Waals surface area contributed by atoms with E-state index in [1.54, 1.807) is 6.07 Å². The van der Waals surface area contributed by atoms with Gasteiger partial charge in [0.15, 0.2) is 0 Å². The van der Waals surface area contributed by atoms with Gasteiger partial charge in [0.2, 0.25) is 5.91 Å². The molecule has 0 spiro atoms. The second-order valence-electron chi connectivity index (χ2n) is 2.77. The average Bonchev–Trinajstić information content (AvgIpc) is 2.18. The molecule has 80 valence electrons. The second-order valence-corrected chi connectivity index (χ2v) is 4.85. The van der Waals surface area contributed by atoms with E-state index in [9.17, 15) is 9.59 Å². The summed E-state index contributed by atoms with van der Waals surface area (Å²) in [4.78, 5) is 22.1. The summed E-state index contributed by atoms with van der Waals surface area (Å²) in [5.41, 5.74) is 5.44. The van der Waals surface area contributed by atoms with Crippen LogP contribution in [-0.2, 0) is 4.79 Å². The fourth-order valence-corrected chi connectivity index (χ4v) is 1.88. The lowest BCUT2D eigenvalue weighted by Crippen LogP contribution is -2.33. The molecule has 4 nitrogen and oxygen atoms in total. The molecular formula is C9H8BrIN2O2. The molecule has 1 aromatic rings. The summed E-state index contributed by atoms with van der Waals surface area (Å²) in [6.07, 6.45) is 0. The first-order valence-electron chi connectivity index (χ1n) is 4.02. The van der Waals surface area contributed by atoms with E-state index in [4.69, 9.17) is 5.73 Å². The van der Waals surface area contributed by atoms with Crippen LogP contribution in [0.4, 0.5) is 0 Å². The molecule has 0 fully saturated rings. The van der Waals surface area contributed by atoms with E-state index in [2.05, 4.69) is 43.8 Å². The van der Waals surface area contributed by atoms with Crippen LogP contribution < -0.4 is 11.1 Å². The van der Waals surface area contributed by atoms with Gasteiger partial charge in [-0.3, -0.25) is 9.59 Å². The minimum atomic E-state index is -0.562. The van der Waals surface area contributed by atoms with Crippen LogP contribution in [0.3, 0.4) is 0 Å². The van der Waals surface area contributed by atoms with Gasteiger partial charge in [-0.05, 0) is 40.8 Å². The van der Waals surface area contributed by atoms with Crippen LogP contribution in [0.5, 0.6) is 0 Å². The predicted octanol–water partition coefficient (Wildman–Crippen LogP) is 1.27. The molecule has 0 aliphatic rings. The summed E-state index contributed by atoms with van der Waals surface area (Å²) in [6, 6.07) is 5.34. The van der Waals surface area contributed by atoms with Crippen molar-refractivity contribution in [1.82, 2.24) is 5.32 Å². The smallest absolute Gasteiger partial charge is 0.252 e. The largest absolute Gasteiger partial charge is 0.368 e. The van der Waals surface area contributed by atoms with Crippen LogP contribution in [0, 0.1) is 3.57 Å². The Hall–Kier alpha value is -0.630. The topological polar surface area (TPSA) is 72.2 Å². The van der Waals surface area contributed by atoms with E-state index >= 15 is 0 Å². The van der Waals surface area contributed by atoms with Gasteiger partial charge < -0.3 is 11.1 Å². The molecule has 6 heteroatoms. The minimum Gasteiger partial charge on any atom is -0.368 e. The van der Waals surface area contributed by atoms with Crippen molar-refractivity contribution in [2.75, 3.05) is 6.54 Å². The van der Waals surface area contributed by atoms with E-state index in [0.717, 1.165) is 8.04 Å². The molecule has 15 heavy (non-hydrogen) atoms.